The van der Waals surface area contributed by atoms with E-state index in [1.54, 1.807) is 0 Å². The van der Waals surface area contributed by atoms with E-state index in [0.717, 1.165) is 32.1 Å². The molecule has 2 unspecified atom stereocenters. The van der Waals surface area contributed by atoms with Gasteiger partial charge in [-0.05, 0) is 53.4 Å². The lowest BCUT2D eigenvalue weighted by molar-refractivity contribution is -0.139. The van der Waals surface area contributed by atoms with Crippen LogP contribution in [-0.4, -0.2) is 42.3 Å². The number of hydrogen-bond acceptors (Lipinski definition) is 4. The van der Waals surface area contributed by atoms with E-state index in [9.17, 15) is 14.4 Å². The van der Waals surface area contributed by atoms with E-state index in [1.807, 2.05) is 24.3 Å². The number of carbonyl (C=O) groups is 3. The van der Waals surface area contributed by atoms with Crippen molar-refractivity contribution in [2.45, 2.75) is 50.5 Å². The van der Waals surface area contributed by atoms with Crippen molar-refractivity contribution in [1.29, 1.82) is 0 Å². The van der Waals surface area contributed by atoms with Crippen LogP contribution in [-0.2, 0) is 14.3 Å². The predicted molar refractivity (Wildman–Crippen MR) is 131 cm³/mol. The molecule has 0 radical (unpaired) electrons. The molecule has 0 saturated heterocycles. The van der Waals surface area contributed by atoms with Crippen LogP contribution in [0.1, 0.15) is 55.6 Å². The summed E-state index contributed by atoms with van der Waals surface area (Å²) in [7, 11) is 0. The Balaban J connectivity index is 1.08. The summed E-state index contributed by atoms with van der Waals surface area (Å²) in [5.74, 6) is -0.851. The van der Waals surface area contributed by atoms with Crippen molar-refractivity contribution in [3.63, 3.8) is 0 Å². The quantitative estimate of drug-likeness (QED) is 0.527. The highest BCUT2D eigenvalue weighted by Crippen LogP contribution is 2.44. The smallest absolute Gasteiger partial charge is 0.407 e. The SMILES string of the molecule is O=C(O)CC1CCCCC1NC(=O)[C@H]1C[C@H]1CNC(=O)OCC1c2ccccc2-c2ccccc21. The van der Waals surface area contributed by atoms with Gasteiger partial charge >= 0.3 is 12.1 Å². The van der Waals surface area contributed by atoms with Crippen molar-refractivity contribution in [3.8, 4) is 11.1 Å². The summed E-state index contributed by atoms with van der Waals surface area (Å²) in [4.78, 5) is 36.2. The first-order chi connectivity index (χ1) is 17.0. The highest BCUT2D eigenvalue weighted by Gasteiger charge is 2.44. The molecule has 2 aromatic carbocycles. The van der Waals surface area contributed by atoms with Crippen LogP contribution >= 0.6 is 0 Å². The molecule has 0 heterocycles. The maximum atomic E-state index is 12.7. The fourth-order valence-corrected chi connectivity index (χ4v) is 5.81. The van der Waals surface area contributed by atoms with E-state index in [2.05, 4.69) is 34.9 Å². The minimum absolute atomic E-state index is 0.00125. The van der Waals surface area contributed by atoms with Crippen LogP contribution in [0.2, 0.25) is 0 Å². The molecular weight excluding hydrogens is 444 g/mol. The maximum Gasteiger partial charge on any atom is 0.407 e. The number of ether oxygens (including phenoxy) is 1. The van der Waals surface area contributed by atoms with Crippen LogP contribution in [0.25, 0.3) is 11.1 Å². The molecule has 3 N–H and O–H groups in total. The Bertz CT molecular complexity index is 1070. The van der Waals surface area contributed by atoms with E-state index in [4.69, 9.17) is 9.84 Å². The van der Waals surface area contributed by atoms with Gasteiger partial charge in [0.1, 0.15) is 6.61 Å². The van der Waals surface area contributed by atoms with E-state index in [-0.39, 0.29) is 48.6 Å². The number of rotatable bonds is 8. The molecule has 0 aromatic heterocycles. The van der Waals surface area contributed by atoms with E-state index < -0.39 is 12.1 Å². The monoisotopic (exact) mass is 476 g/mol. The van der Waals surface area contributed by atoms with Crippen molar-refractivity contribution in [2.75, 3.05) is 13.2 Å². The Kier molecular flexibility index (Phi) is 6.75. The third kappa shape index (κ3) is 5.19. The molecular formula is C28H32N2O5. The topological polar surface area (TPSA) is 105 Å². The zero-order valence-electron chi connectivity index (χ0n) is 19.7. The second-order valence-corrected chi connectivity index (χ2v) is 10.1. The molecule has 5 rings (SSSR count). The number of carbonyl (C=O) groups excluding carboxylic acids is 2. The van der Waals surface area contributed by atoms with Gasteiger partial charge < -0.3 is 20.5 Å². The van der Waals surface area contributed by atoms with Gasteiger partial charge in [0.25, 0.3) is 0 Å². The van der Waals surface area contributed by atoms with Crippen LogP contribution in [0.5, 0.6) is 0 Å². The van der Waals surface area contributed by atoms with Gasteiger partial charge in [0, 0.05) is 24.4 Å². The number of carboxylic acids is 1. The molecule has 184 valence electrons. The summed E-state index contributed by atoms with van der Waals surface area (Å²) >= 11 is 0. The van der Waals surface area contributed by atoms with E-state index in [0.29, 0.717) is 6.54 Å². The first-order valence-corrected chi connectivity index (χ1v) is 12.6. The Morgan fingerprint density at radius 1 is 0.914 bits per heavy atom. The number of nitrogens with one attached hydrogen (secondary N) is 2. The number of amides is 2. The van der Waals surface area contributed by atoms with Crippen molar-refractivity contribution >= 4 is 18.0 Å². The summed E-state index contributed by atoms with van der Waals surface area (Å²) in [5.41, 5.74) is 4.72. The van der Waals surface area contributed by atoms with Gasteiger partial charge in [0.2, 0.25) is 5.91 Å². The Labute approximate surface area is 205 Å². The summed E-state index contributed by atoms with van der Waals surface area (Å²) in [6.07, 6.45) is 4.06. The van der Waals surface area contributed by atoms with Crippen LogP contribution < -0.4 is 10.6 Å². The molecule has 7 heteroatoms. The zero-order chi connectivity index (χ0) is 24.4. The molecule has 2 aromatic rings. The minimum Gasteiger partial charge on any atom is -0.481 e. The Morgan fingerprint density at radius 3 is 2.26 bits per heavy atom. The van der Waals surface area contributed by atoms with Gasteiger partial charge in [0.05, 0.1) is 6.42 Å². The summed E-state index contributed by atoms with van der Waals surface area (Å²) in [6.45, 7) is 0.666. The maximum absolute atomic E-state index is 12.7. The highest BCUT2D eigenvalue weighted by atomic mass is 16.5. The normalized spacial score (nSPS) is 24.7. The number of benzene rings is 2. The molecule has 0 aliphatic heterocycles. The number of carboxylic acid groups (broad SMARTS) is 1. The summed E-state index contributed by atoms with van der Waals surface area (Å²) in [6, 6.07) is 16.4. The van der Waals surface area contributed by atoms with Crippen LogP contribution in [0.3, 0.4) is 0 Å². The highest BCUT2D eigenvalue weighted by molar-refractivity contribution is 5.82. The van der Waals surface area contributed by atoms with Gasteiger partial charge in [-0.1, -0.05) is 61.4 Å². The number of alkyl carbamates (subject to hydrolysis) is 1. The van der Waals surface area contributed by atoms with E-state index >= 15 is 0 Å². The van der Waals surface area contributed by atoms with Gasteiger partial charge in [-0.25, -0.2) is 4.79 Å². The molecule has 35 heavy (non-hydrogen) atoms. The second kappa shape index (κ2) is 10.1. The number of fused-ring (bicyclic) bond motifs is 3. The molecule has 0 spiro atoms. The first kappa shape index (κ1) is 23.4. The predicted octanol–water partition coefficient (Wildman–Crippen LogP) is 4.31. The molecule has 7 nitrogen and oxygen atoms in total. The van der Waals surface area contributed by atoms with Crippen LogP contribution in [0.15, 0.2) is 48.5 Å². The summed E-state index contributed by atoms with van der Waals surface area (Å²) < 4.78 is 5.58. The molecule has 2 amide bonds. The molecule has 2 fully saturated rings. The van der Waals surface area contributed by atoms with E-state index in [1.165, 1.54) is 22.3 Å². The molecule has 3 aliphatic rings. The van der Waals surface area contributed by atoms with Gasteiger partial charge in [-0.15, -0.1) is 0 Å². The second-order valence-electron chi connectivity index (χ2n) is 10.1. The molecule has 0 bridgehead atoms. The van der Waals surface area contributed by atoms with Crippen molar-refractivity contribution in [3.05, 3.63) is 59.7 Å². The minimum atomic E-state index is -0.812. The van der Waals surface area contributed by atoms with Gasteiger partial charge in [-0.2, -0.15) is 0 Å². The largest absolute Gasteiger partial charge is 0.481 e. The van der Waals surface area contributed by atoms with Crippen molar-refractivity contribution in [2.24, 2.45) is 17.8 Å². The van der Waals surface area contributed by atoms with Crippen LogP contribution in [0, 0.1) is 17.8 Å². The third-order valence-electron chi connectivity index (χ3n) is 7.79. The number of aliphatic carboxylic acids is 1. The average molecular weight is 477 g/mol. The lowest BCUT2D eigenvalue weighted by Gasteiger charge is -2.31. The Hall–Kier alpha value is -3.35. The Morgan fingerprint density at radius 2 is 1.57 bits per heavy atom. The molecule has 3 aliphatic carbocycles. The van der Waals surface area contributed by atoms with Crippen molar-refractivity contribution < 1.29 is 24.2 Å². The van der Waals surface area contributed by atoms with Crippen molar-refractivity contribution in [1.82, 2.24) is 10.6 Å². The standard InChI is InChI=1S/C28H32N2O5/c31-26(32)14-17-7-1-6-12-25(17)30-27(33)23-13-18(23)15-29-28(34)35-16-24-21-10-4-2-8-19(21)20-9-3-5-11-22(20)24/h2-5,8-11,17-18,23-25H,1,6-7,12-16H2,(H,29,34)(H,30,33)(H,31,32)/t17?,18-,23-,25?/m0/s1. The summed E-state index contributed by atoms with van der Waals surface area (Å²) in [5, 5.41) is 15.1. The molecule has 2 saturated carbocycles. The zero-order valence-corrected chi connectivity index (χ0v) is 19.7. The fourth-order valence-electron chi connectivity index (χ4n) is 5.81. The fraction of sp³-hybridized carbons (Fsp3) is 0.464. The number of hydrogen-bond donors (Lipinski definition) is 3. The lowest BCUT2D eigenvalue weighted by Crippen LogP contribution is -2.44. The first-order valence-electron chi connectivity index (χ1n) is 12.6. The molecule has 4 atom stereocenters. The van der Waals surface area contributed by atoms with Crippen LogP contribution in [0.4, 0.5) is 4.79 Å². The van der Waals surface area contributed by atoms with Gasteiger partial charge in [0.15, 0.2) is 0 Å². The average Bonchev–Trinajstić information content (AvgIpc) is 3.57. The van der Waals surface area contributed by atoms with Gasteiger partial charge in [-0.3, -0.25) is 9.59 Å². The third-order valence-corrected chi connectivity index (χ3v) is 7.79. The lowest BCUT2D eigenvalue weighted by atomic mass is 9.82.